The van der Waals surface area contributed by atoms with Gasteiger partial charge in [-0.15, -0.1) is 10.2 Å². The van der Waals surface area contributed by atoms with Crippen molar-refractivity contribution in [1.29, 1.82) is 0 Å². The highest BCUT2D eigenvalue weighted by atomic mass is 32.2. The Morgan fingerprint density at radius 2 is 1.78 bits per heavy atom. The summed E-state index contributed by atoms with van der Waals surface area (Å²) in [5.74, 6) is 0.125. The Bertz CT molecular complexity index is 1530. The van der Waals surface area contributed by atoms with Crippen LogP contribution in [0.15, 0.2) is 95.5 Å². The fourth-order valence-corrected chi connectivity index (χ4v) is 5.23. The molecule has 0 aliphatic rings. The van der Waals surface area contributed by atoms with Crippen molar-refractivity contribution >= 4 is 40.2 Å². The number of carbonyl (C=O) groups excluding carboxylic acids is 1. The van der Waals surface area contributed by atoms with Gasteiger partial charge >= 0.3 is 0 Å². The SMILES string of the molecule is Cc1ccc(CSc2nnc(NC(=O)C=Cc3cn(-c4ccccc4)nc3-c3ccc(F)cc3)s2)cc1. The quantitative estimate of drug-likeness (QED) is 0.137. The van der Waals surface area contributed by atoms with Gasteiger partial charge in [-0.3, -0.25) is 10.1 Å². The largest absolute Gasteiger partial charge is 0.297 e. The first-order chi connectivity index (χ1) is 18.0. The van der Waals surface area contributed by atoms with Crippen molar-refractivity contribution in [1.82, 2.24) is 20.0 Å². The molecule has 1 amide bonds. The van der Waals surface area contributed by atoms with Crippen molar-refractivity contribution in [3.8, 4) is 16.9 Å². The number of benzene rings is 3. The van der Waals surface area contributed by atoms with Gasteiger partial charge in [-0.25, -0.2) is 9.07 Å². The number of rotatable bonds is 8. The van der Waals surface area contributed by atoms with Crippen molar-refractivity contribution in [2.24, 2.45) is 0 Å². The van der Waals surface area contributed by atoms with Crippen LogP contribution in [-0.2, 0) is 10.5 Å². The van der Waals surface area contributed by atoms with Gasteiger partial charge in [-0.05, 0) is 55.0 Å². The molecule has 0 unspecified atom stereocenters. The summed E-state index contributed by atoms with van der Waals surface area (Å²) in [5, 5.41) is 16.1. The molecule has 0 spiro atoms. The highest BCUT2D eigenvalue weighted by molar-refractivity contribution is 8.00. The Labute approximate surface area is 221 Å². The van der Waals surface area contributed by atoms with Crippen LogP contribution in [0.4, 0.5) is 9.52 Å². The molecule has 0 atom stereocenters. The van der Waals surface area contributed by atoms with Gasteiger partial charge in [0.15, 0.2) is 4.34 Å². The number of halogens is 1. The standard InChI is InChI=1S/C28H22FN5OS2/c1-19-7-9-20(10-8-19)18-36-28-32-31-27(37-28)30-25(35)16-13-22-17-34(24-5-3-2-4-6-24)33-26(22)21-11-14-23(29)15-12-21/h2-17H,18H2,1H3,(H,30,31,35). The number of thioether (sulfide) groups is 1. The second kappa shape index (κ2) is 11.3. The maximum Gasteiger partial charge on any atom is 0.250 e. The Kier molecular flexibility index (Phi) is 7.53. The maximum atomic E-state index is 13.5. The molecule has 2 aromatic heterocycles. The minimum absolute atomic E-state index is 0.323. The van der Waals surface area contributed by atoms with Crippen LogP contribution in [0, 0.1) is 12.7 Å². The number of nitrogens with zero attached hydrogens (tertiary/aromatic N) is 4. The van der Waals surface area contributed by atoms with E-state index in [0.29, 0.717) is 10.8 Å². The van der Waals surface area contributed by atoms with Gasteiger partial charge in [0.25, 0.3) is 0 Å². The zero-order chi connectivity index (χ0) is 25.6. The minimum Gasteiger partial charge on any atom is -0.297 e. The number of nitrogens with one attached hydrogen (secondary N) is 1. The van der Waals surface area contributed by atoms with E-state index in [1.807, 2.05) is 36.5 Å². The number of aromatic nitrogens is 4. The minimum atomic E-state index is -0.330. The summed E-state index contributed by atoms with van der Waals surface area (Å²) < 4.78 is 16.0. The molecule has 0 fully saturated rings. The number of anilines is 1. The van der Waals surface area contributed by atoms with Crippen LogP contribution in [0.1, 0.15) is 16.7 Å². The third kappa shape index (κ3) is 6.38. The topological polar surface area (TPSA) is 72.7 Å². The second-order valence-electron chi connectivity index (χ2n) is 8.19. The van der Waals surface area contributed by atoms with Crippen LogP contribution >= 0.6 is 23.1 Å². The zero-order valence-electron chi connectivity index (χ0n) is 19.8. The van der Waals surface area contributed by atoms with Gasteiger partial charge < -0.3 is 0 Å². The maximum absolute atomic E-state index is 13.5. The average molecular weight is 528 g/mol. The first kappa shape index (κ1) is 24.6. The summed E-state index contributed by atoms with van der Waals surface area (Å²) in [4.78, 5) is 12.6. The van der Waals surface area contributed by atoms with Crippen LogP contribution < -0.4 is 5.32 Å². The van der Waals surface area contributed by atoms with Gasteiger partial charge in [0.05, 0.1) is 11.4 Å². The first-order valence-electron chi connectivity index (χ1n) is 11.5. The van der Waals surface area contributed by atoms with Gasteiger partial charge in [0.1, 0.15) is 5.82 Å². The van der Waals surface area contributed by atoms with Crippen molar-refractivity contribution < 1.29 is 9.18 Å². The van der Waals surface area contributed by atoms with Crippen molar-refractivity contribution in [2.75, 3.05) is 5.32 Å². The van der Waals surface area contributed by atoms with Crippen LogP contribution in [-0.4, -0.2) is 25.9 Å². The van der Waals surface area contributed by atoms with Crippen LogP contribution in [0.5, 0.6) is 0 Å². The predicted molar refractivity (Wildman–Crippen MR) is 147 cm³/mol. The summed E-state index contributed by atoms with van der Waals surface area (Å²) in [6, 6.07) is 24.1. The number of carbonyl (C=O) groups is 1. The molecule has 5 aromatic rings. The number of hydrogen-bond acceptors (Lipinski definition) is 6. The lowest BCUT2D eigenvalue weighted by Crippen LogP contribution is -2.07. The predicted octanol–water partition coefficient (Wildman–Crippen LogP) is 6.78. The summed E-state index contributed by atoms with van der Waals surface area (Å²) in [6.07, 6.45) is 4.96. The van der Waals surface area contributed by atoms with E-state index in [1.54, 1.807) is 34.7 Å². The molecule has 0 bridgehead atoms. The zero-order valence-corrected chi connectivity index (χ0v) is 21.5. The van der Waals surface area contributed by atoms with Crippen LogP contribution in [0.2, 0.25) is 0 Å². The van der Waals surface area contributed by atoms with E-state index >= 15 is 0 Å². The molecular formula is C28H22FN5OS2. The van der Waals surface area contributed by atoms with Gasteiger partial charge in [0.2, 0.25) is 11.0 Å². The Morgan fingerprint density at radius 1 is 1.03 bits per heavy atom. The fraction of sp³-hybridized carbons (Fsp3) is 0.0714. The summed E-state index contributed by atoms with van der Waals surface area (Å²) in [7, 11) is 0. The second-order valence-corrected chi connectivity index (χ2v) is 10.4. The number of amides is 1. The van der Waals surface area contributed by atoms with Crippen molar-refractivity contribution in [3.05, 3.63) is 114 Å². The molecule has 0 aliphatic carbocycles. The molecule has 37 heavy (non-hydrogen) atoms. The highest BCUT2D eigenvalue weighted by Crippen LogP contribution is 2.29. The van der Waals surface area contributed by atoms with E-state index < -0.39 is 0 Å². The summed E-state index contributed by atoms with van der Waals surface area (Å²) >= 11 is 2.91. The highest BCUT2D eigenvalue weighted by Gasteiger charge is 2.12. The van der Waals surface area contributed by atoms with E-state index in [2.05, 4.69) is 51.8 Å². The summed E-state index contributed by atoms with van der Waals surface area (Å²) in [5.41, 5.74) is 5.40. The molecule has 0 saturated carbocycles. The van der Waals surface area contributed by atoms with Gasteiger partial charge in [0, 0.05) is 29.2 Å². The lowest BCUT2D eigenvalue weighted by molar-refractivity contribution is -0.111. The van der Waals surface area contributed by atoms with E-state index in [0.717, 1.165) is 26.9 Å². The molecule has 2 heterocycles. The van der Waals surface area contributed by atoms with Crippen molar-refractivity contribution in [3.63, 3.8) is 0 Å². The van der Waals surface area contributed by atoms with Crippen LogP contribution in [0.3, 0.4) is 0 Å². The Morgan fingerprint density at radius 3 is 2.54 bits per heavy atom. The molecule has 5 rings (SSSR count). The van der Waals surface area contributed by atoms with Crippen LogP contribution in [0.25, 0.3) is 23.0 Å². The molecule has 6 nitrogen and oxygen atoms in total. The van der Waals surface area contributed by atoms with E-state index in [4.69, 9.17) is 0 Å². The smallest absolute Gasteiger partial charge is 0.250 e. The molecule has 3 aromatic carbocycles. The molecule has 9 heteroatoms. The third-order valence-electron chi connectivity index (χ3n) is 5.41. The molecule has 0 aliphatic heterocycles. The van der Waals surface area contributed by atoms with Crippen molar-refractivity contribution in [2.45, 2.75) is 17.0 Å². The molecule has 0 saturated heterocycles. The normalized spacial score (nSPS) is 11.2. The molecule has 184 valence electrons. The average Bonchev–Trinajstić information content (AvgIpc) is 3.55. The summed E-state index contributed by atoms with van der Waals surface area (Å²) in [6.45, 7) is 2.06. The van der Waals surface area contributed by atoms with Gasteiger partial charge in [-0.2, -0.15) is 5.10 Å². The first-order valence-corrected chi connectivity index (χ1v) is 13.3. The molecule has 1 N–H and O–H groups in total. The number of para-hydroxylation sites is 1. The molecular weight excluding hydrogens is 505 g/mol. The fourth-order valence-electron chi connectivity index (χ4n) is 3.51. The molecule has 0 radical (unpaired) electrons. The van der Waals surface area contributed by atoms with E-state index in [1.165, 1.54) is 40.7 Å². The van der Waals surface area contributed by atoms with E-state index in [-0.39, 0.29) is 11.7 Å². The Balaban J connectivity index is 1.29. The Hall–Kier alpha value is -4.08. The monoisotopic (exact) mass is 527 g/mol. The van der Waals surface area contributed by atoms with E-state index in [9.17, 15) is 9.18 Å². The lowest BCUT2D eigenvalue weighted by Gasteiger charge is -2.00. The number of aryl methyl sites for hydroxylation is 1. The number of hydrogen-bond donors (Lipinski definition) is 1. The third-order valence-corrected chi connectivity index (χ3v) is 7.46. The van der Waals surface area contributed by atoms with Gasteiger partial charge in [-0.1, -0.05) is 71.1 Å². The lowest BCUT2D eigenvalue weighted by atomic mass is 10.1.